The van der Waals surface area contributed by atoms with E-state index in [1.807, 2.05) is 0 Å². The Kier molecular flexibility index (Phi) is 2.47. The Bertz CT molecular complexity index is 411. The van der Waals surface area contributed by atoms with Crippen LogP contribution in [0.15, 0.2) is 0 Å². The summed E-state index contributed by atoms with van der Waals surface area (Å²) < 4.78 is 53.7. The summed E-state index contributed by atoms with van der Waals surface area (Å²) in [5.41, 5.74) is -0.814. The van der Waals surface area contributed by atoms with Crippen LogP contribution in [0.25, 0.3) is 0 Å². The second kappa shape index (κ2) is 3.46. The quantitative estimate of drug-likeness (QED) is 0.685. The van der Waals surface area contributed by atoms with Crippen LogP contribution in [0, 0.1) is 5.92 Å². The smallest absolute Gasteiger partial charge is 0.266 e. The van der Waals surface area contributed by atoms with E-state index in [-0.39, 0.29) is 24.1 Å². The molecule has 1 aromatic heterocycles. The summed E-state index contributed by atoms with van der Waals surface area (Å²) in [7, 11) is 1.29. The van der Waals surface area contributed by atoms with Crippen molar-refractivity contribution in [2.45, 2.75) is 32.1 Å². The van der Waals surface area contributed by atoms with Crippen molar-refractivity contribution in [1.82, 2.24) is 9.78 Å². The minimum Gasteiger partial charge on any atom is -0.266 e. The number of aryl methyl sites for hydroxylation is 1. The van der Waals surface area contributed by atoms with Gasteiger partial charge in [0, 0.05) is 18.5 Å². The zero-order valence-electron chi connectivity index (χ0n) is 8.98. The molecule has 0 aliphatic heterocycles. The molecule has 6 heteroatoms. The third kappa shape index (κ3) is 1.43. The van der Waals surface area contributed by atoms with Crippen LogP contribution in [0.5, 0.6) is 0 Å². The van der Waals surface area contributed by atoms with Gasteiger partial charge in [-0.3, -0.25) is 4.68 Å². The third-order valence-electron chi connectivity index (χ3n) is 3.15. The minimum atomic E-state index is -3.07. The van der Waals surface area contributed by atoms with Crippen LogP contribution in [0.3, 0.4) is 0 Å². The molecule has 0 aromatic carbocycles. The Labute approximate surface area is 90.2 Å². The summed E-state index contributed by atoms with van der Waals surface area (Å²) >= 11 is 0. The number of halogens is 4. The van der Waals surface area contributed by atoms with Gasteiger partial charge in [0.05, 0.1) is 0 Å². The first kappa shape index (κ1) is 11.4. The summed E-state index contributed by atoms with van der Waals surface area (Å²) in [5, 5.41) is 3.51. The number of alkyl halides is 4. The molecule has 0 bridgehead atoms. The highest BCUT2D eigenvalue weighted by Gasteiger charge is 2.47. The van der Waals surface area contributed by atoms with E-state index in [0.717, 1.165) is 4.68 Å². The molecule has 0 saturated heterocycles. The lowest BCUT2D eigenvalue weighted by atomic mass is 9.84. The fraction of sp³-hybridized carbons (Fsp3) is 0.700. The van der Waals surface area contributed by atoms with Crippen LogP contribution in [0.2, 0.25) is 0 Å². The zero-order valence-corrected chi connectivity index (χ0v) is 8.98. The number of hydrogen-bond acceptors (Lipinski definition) is 1. The first-order chi connectivity index (χ1) is 7.35. The maximum atomic E-state index is 13.8. The Morgan fingerprint density at radius 2 is 2.06 bits per heavy atom. The maximum Gasteiger partial charge on any atom is 0.292 e. The molecule has 0 radical (unpaired) electrons. The average Bonchev–Trinajstić information content (AvgIpc) is 2.51. The number of hydrogen-bond donors (Lipinski definition) is 0. The Morgan fingerprint density at radius 3 is 2.62 bits per heavy atom. The highest BCUT2D eigenvalue weighted by Crippen LogP contribution is 2.45. The maximum absolute atomic E-state index is 13.8. The molecule has 0 amide bonds. The van der Waals surface area contributed by atoms with Crippen molar-refractivity contribution in [3.8, 4) is 0 Å². The predicted octanol–water partition coefficient (Wildman–Crippen LogP) is 3.03. The van der Waals surface area contributed by atoms with Crippen molar-refractivity contribution in [1.29, 1.82) is 0 Å². The van der Waals surface area contributed by atoms with Gasteiger partial charge < -0.3 is 0 Å². The number of nitrogens with zero attached hydrogens (tertiary/aromatic N) is 2. The third-order valence-corrected chi connectivity index (χ3v) is 3.15. The van der Waals surface area contributed by atoms with Gasteiger partial charge in [-0.2, -0.15) is 13.9 Å². The molecule has 2 rings (SSSR count). The molecule has 0 spiro atoms. The Balaban J connectivity index is 2.60. The van der Waals surface area contributed by atoms with E-state index in [4.69, 9.17) is 0 Å². The molecule has 16 heavy (non-hydrogen) atoms. The van der Waals surface area contributed by atoms with Crippen LogP contribution in [0.4, 0.5) is 17.6 Å². The SMILES string of the molecule is C[C@H]1CCc2c(C(F)F)nn(C)c2C1(F)F. The second-order valence-corrected chi connectivity index (χ2v) is 4.20. The molecule has 1 aliphatic carbocycles. The van der Waals surface area contributed by atoms with Gasteiger partial charge >= 0.3 is 0 Å². The fourth-order valence-corrected chi connectivity index (χ4v) is 2.20. The molecular weight excluding hydrogens is 224 g/mol. The molecule has 90 valence electrons. The van der Waals surface area contributed by atoms with Gasteiger partial charge in [0.15, 0.2) is 0 Å². The normalized spacial score (nSPS) is 23.6. The lowest BCUT2D eigenvalue weighted by molar-refractivity contribution is -0.0750. The lowest BCUT2D eigenvalue weighted by Crippen LogP contribution is -2.31. The largest absolute Gasteiger partial charge is 0.292 e. The van der Waals surface area contributed by atoms with Crippen molar-refractivity contribution in [3.63, 3.8) is 0 Å². The van der Waals surface area contributed by atoms with Crippen molar-refractivity contribution < 1.29 is 17.6 Å². The molecule has 1 atom stereocenters. The van der Waals surface area contributed by atoms with Crippen LogP contribution >= 0.6 is 0 Å². The van der Waals surface area contributed by atoms with E-state index in [1.165, 1.54) is 14.0 Å². The molecule has 0 unspecified atom stereocenters. The standard InChI is InChI=1S/C10H12F4N2/c1-5-3-4-6-7(9(11)12)15-16(2)8(6)10(5,13)14/h5,9H,3-4H2,1-2H3/t5-/m0/s1. The summed E-state index contributed by atoms with van der Waals surface area (Å²) in [6.07, 6.45) is -2.33. The van der Waals surface area contributed by atoms with E-state index in [2.05, 4.69) is 5.10 Å². The molecular formula is C10H12F4N2. The first-order valence-electron chi connectivity index (χ1n) is 5.08. The zero-order chi connectivity index (χ0) is 12.1. The molecule has 2 nitrogen and oxygen atoms in total. The van der Waals surface area contributed by atoms with E-state index < -0.39 is 24.0 Å². The summed E-state index contributed by atoms with van der Waals surface area (Å²) in [6.45, 7) is 1.43. The summed E-state index contributed by atoms with van der Waals surface area (Å²) in [4.78, 5) is 0. The van der Waals surface area contributed by atoms with Crippen molar-refractivity contribution in [2.24, 2.45) is 13.0 Å². The van der Waals surface area contributed by atoms with Gasteiger partial charge in [-0.25, -0.2) is 8.78 Å². The predicted molar refractivity (Wildman–Crippen MR) is 49.5 cm³/mol. The number of fused-ring (bicyclic) bond motifs is 1. The molecule has 1 aromatic rings. The van der Waals surface area contributed by atoms with Crippen LogP contribution in [0.1, 0.15) is 36.7 Å². The van der Waals surface area contributed by atoms with Crippen molar-refractivity contribution in [3.05, 3.63) is 17.0 Å². The van der Waals surface area contributed by atoms with Gasteiger partial charge in [0.2, 0.25) is 0 Å². The van der Waals surface area contributed by atoms with Crippen LogP contribution < -0.4 is 0 Å². The monoisotopic (exact) mass is 236 g/mol. The fourth-order valence-electron chi connectivity index (χ4n) is 2.20. The topological polar surface area (TPSA) is 17.8 Å². The van der Waals surface area contributed by atoms with Gasteiger partial charge in [-0.15, -0.1) is 0 Å². The molecule has 1 heterocycles. The van der Waals surface area contributed by atoms with E-state index in [9.17, 15) is 17.6 Å². The molecule has 0 fully saturated rings. The minimum absolute atomic E-state index is 0.0283. The van der Waals surface area contributed by atoms with E-state index in [1.54, 1.807) is 0 Å². The lowest BCUT2D eigenvalue weighted by Gasteiger charge is -2.29. The molecule has 0 saturated carbocycles. The number of aromatic nitrogens is 2. The average molecular weight is 236 g/mol. The van der Waals surface area contributed by atoms with Gasteiger partial charge in [0.25, 0.3) is 12.3 Å². The summed E-state index contributed by atoms with van der Waals surface area (Å²) in [6, 6.07) is 0. The van der Waals surface area contributed by atoms with Crippen LogP contribution in [-0.2, 0) is 19.4 Å². The van der Waals surface area contributed by atoms with Crippen molar-refractivity contribution in [2.75, 3.05) is 0 Å². The number of rotatable bonds is 1. The van der Waals surface area contributed by atoms with Gasteiger partial charge in [-0.05, 0) is 12.8 Å². The Hall–Kier alpha value is -1.07. The van der Waals surface area contributed by atoms with Crippen molar-refractivity contribution >= 4 is 0 Å². The van der Waals surface area contributed by atoms with E-state index in [0.29, 0.717) is 0 Å². The van der Waals surface area contributed by atoms with Gasteiger partial charge in [-0.1, -0.05) is 6.92 Å². The highest BCUT2D eigenvalue weighted by molar-refractivity contribution is 5.33. The van der Waals surface area contributed by atoms with Crippen LogP contribution in [-0.4, -0.2) is 9.78 Å². The molecule has 1 aliphatic rings. The molecule has 0 N–H and O–H groups in total. The first-order valence-corrected chi connectivity index (χ1v) is 5.08. The van der Waals surface area contributed by atoms with Gasteiger partial charge in [0.1, 0.15) is 11.4 Å². The highest BCUT2D eigenvalue weighted by atomic mass is 19.3. The Morgan fingerprint density at radius 1 is 1.44 bits per heavy atom. The van der Waals surface area contributed by atoms with E-state index >= 15 is 0 Å². The second-order valence-electron chi connectivity index (χ2n) is 4.20. The summed E-state index contributed by atoms with van der Waals surface area (Å²) in [5.74, 6) is -3.90.